The van der Waals surface area contributed by atoms with Crippen LogP contribution in [0.15, 0.2) is 36.7 Å². The van der Waals surface area contributed by atoms with Gasteiger partial charge in [-0.2, -0.15) is 0 Å². The van der Waals surface area contributed by atoms with E-state index in [2.05, 4.69) is 9.97 Å². The van der Waals surface area contributed by atoms with E-state index in [9.17, 15) is 9.18 Å². The molecule has 2 aromatic rings. The molecule has 1 atom stereocenters. The van der Waals surface area contributed by atoms with Crippen molar-refractivity contribution in [3.05, 3.63) is 48.2 Å². The smallest absolute Gasteiger partial charge is 0.249 e. The Bertz CT molecular complexity index is 708. The van der Waals surface area contributed by atoms with E-state index in [1.165, 1.54) is 37.6 Å². The van der Waals surface area contributed by atoms with E-state index in [1.54, 1.807) is 11.1 Å². The summed E-state index contributed by atoms with van der Waals surface area (Å²) in [6, 6.07) is 5.54. The van der Waals surface area contributed by atoms with Gasteiger partial charge in [-0.15, -0.1) is 0 Å². The first-order chi connectivity index (χ1) is 11.7. The Morgan fingerprint density at radius 2 is 2.12 bits per heavy atom. The third-order valence-corrected chi connectivity index (χ3v) is 3.85. The second-order valence-electron chi connectivity index (χ2n) is 5.52. The summed E-state index contributed by atoms with van der Waals surface area (Å²) in [5.41, 5.74) is 0.677. The standard InChI is InChI=1S/C17H18FN3O3/c1-23-11-17(22)21-8-2-3-15(21)14-9-19-10-16(20-14)24-13-6-4-12(18)5-7-13/h4-7,9-10,15H,2-3,8,11H2,1H3. The first kappa shape index (κ1) is 16.3. The number of aromatic nitrogens is 2. The van der Waals surface area contributed by atoms with Crippen molar-refractivity contribution < 1.29 is 18.7 Å². The maximum atomic E-state index is 12.9. The van der Waals surface area contributed by atoms with Crippen LogP contribution in [0.25, 0.3) is 0 Å². The zero-order chi connectivity index (χ0) is 16.9. The van der Waals surface area contributed by atoms with Crippen molar-refractivity contribution >= 4 is 5.91 Å². The van der Waals surface area contributed by atoms with Crippen LogP contribution < -0.4 is 4.74 Å². The second kappa shape index (κ2) is 7.35. The van der Waals surface area contributed by atoms with Gasteiger partial charge in [-0.1, -0.05) is 0 Å². The Morgan fingerprint density at radius 3 is 2.88 bits per heavy atom. The fraction of sp³-hybridized carbons (Fsp3) is 0.353. The maximum Gasteiger partial charge on any atom is 0.249 e. The van der Waals surface area contributed by atoms with Crippen molar-refractivity contribution in [1.29, 1.82) is 0 Å². The summed E-state index contributed by atoms with van der Waals surface area (Å²) in [6.07, 6.45) is 4.86. The number of hydrogen-bond donors (Lipinski definition) is 0. The fourth-order valence-corrected chi connectivity index (χ4v) is 2.77. The summed E-state index contributed by atoms with van der Waals surface area (Å²) in [4.78, 5) is 22.5. The van der Waals surface area contributed by atoms with Gasteiger partial charge in [0.15, 0.2) is 0 Å². The summed E-state index contributed by atoms with van der Waals surface area (Å²) >= 11 is 0. The van der Waals surface area contributed by atoms with Crippen LogP contribution in [0.5, 0.6) is 11.6 Å². The highest BCUT2D eigenvalue weighted by atomic mass is 19.1. The van der Waals surface area contributed by atoms with Crippen LogP contribution in [0.4, 0.5) is 4.39 Å². The molecule has 0 spiro atoms. The number of benzene rings is 1. The van der Waals surface area contributed by atoms with Gasteiger partial charge in [0.2, 0.25) is 11.8 Å². The molecule has 6 nitrogen and oxygen atoms in total. The number of hydrogen-bond acceptors (Lipinski definition) is 5. The number of carbonyl (C=O) groups excluding carboxylic acids is 1. The van der Waals surface area contributed by atoms with Crippen molar-refractivity contribution in [2.24, 2.45) is 0 Å². The Kier molecular flexibility index (Phi) is 5.00. The quantitative estimate of drug-likeness (QED) is 0.843. The number of nitrogens with zero attached hydrogens (tertiary/aromatic N) is 3. The average molecular weight is 331 g/mol. The molecule has 1 aromatic heterocycles. The van der Waals surface area contributed by atoms with Gasteiger partial charge in [0, 0.05) is 13.7 Å². The molecule has 1 aliphatic rings. The van der Waals surface area contributed by atoms with Crippen LogP contribution >= 0.6 is 0 Å². The highest BCUT2D eigenvalue weighted by Crippen LogP contribution is 2.31. The van der Waals surface area contributed by atoms with Crippen molar-refractivity contribution in [2.75, 3.05) is 20.3 Å². The lowest BCUT2D eigenvalue weighted by molar-refractivity contribution is -0.136. The zero-order valence-electron chi connectivity index (χ0n) is 13.3. The molecule has 7 heteroatoms. The minimum absolute atomic E-state index is 0.0513. The first-order valence-electron chi connectivity index (χ1n) is 7.71. The first-order valence-corrected chi connectivity index (χ1v) is 7.71. The zero-order valence-corrected chi connectivity index (χ0v) is 13.3. The second-order valence-corrected chi connectivity index (χ2v) is 5.52. The molecule has 0 radical (unpaired) electrons. The molecular weight excluding hydrogens is 313 g/mol. The number of rotatable bonds is 5. The number of halogens is 1. The highest BCUT2D eigenvalue weighted by Gasteiger charge is 2.31. The predicted octanol–water partition coefficient (Wildman–Crippen LogP) is 2.72. The molecule has 1 unspecified atom stereocenters. The molecule has 0 aliphatic carbocycles. The van der Waals surface area contributed by atoms with Crippen molar-refractivity contribution in [2.45, 2.75) is 18.9 Å². The van der Waals surface area contributed by atoms with Gasteiger partial charge in [0.1, 0.15) is 18.2 Å². The molecule has 1 amide bonds. The Hall–Kier alpha value is -2.54. The van der Waals surface area contributed by atoms with Gasteiger partial charge in [-0.25, -0.2) is 9.37 Å². The molecule has 24 heavy (non-hydrogen) atoms. The molecule has 126 valence electrons. The van der Waals surface area contributed by atoms with Crippen LogP contribution in [-0.2, 0) is 9.53 Å². The van der Waals surface area contributed by atoms with E-state index in [0.29, 0.717) is 23.9 Å². The van der Waals surface area contributed by atoms with Gasteiger partial charge >= 0.3 is 0 Å². The number of likely N-dealkylation sites (tertiary alicyclic amines) is 1. The summed E-state index contributed by atoms with van der Waals surface area (Å²) in [5.74, 6) is 0.388. The number of ether oxygens (including phenoxy) is 2. The Labute approximate surface area is 139 Å². The minimum Gasteiger partial charge on any atom is -0.437 e. The SMILES string of the molecule is COCC(=O)N1CCCC1c1cncc(Oc2ccc(F)cc2)n1. The molecule has 1 fully saturated rings. The largest absolute Gasteiger partial charge is 0.437 e. The summed E-state index contributed by atoms with van der Waals surface area (Å²) in [7, 11) is 1.50. The van der Waals surface area contributed by atoms with Gasteiger partial charge in [-0.3, -0.25) is 9.78 Å². The molecule has 0 N–H and O–H groups in total. The van der Waals surface area contributed by atoms with Crippen LogP contribution in [0.2, 0.25) is 0 Å². The molecule has 1 saturated heterocycles. The maximum absolute atomic E-state index is 12.9. The van der Waals surface area contributed by atoms with E-state index in [4.69, 9.17) is 9.47 Å². The van der Waals surface area contributed by atoms with E-state index in [-0.39, 0.29) is 24.4 Å². The van der Waals surface area contributed by atoms with E-state index < -0.39 is 0 Å². The summed E-state index contributed by atoms with van der Waals surface area (Å²) < 4.78 is 23.5. The lowest BCUT2D eigenvalue weighted by atomic mass is 10.1. The Balaban J connectivity index is 1.77. The van der Waals surface area contributed by atoms with Crippen molar-refractivity contribution in [1.82, 2.24) is 14.9 Å². The topological polar surface area (TPSA) is 64.5 Å². The summed E-state index contributed by atoms with van der Waals surface area (Å²) in [6.45, 7) is 0.729. The molecule has 2 heterocycles. The highest BCUT2D eigenvalue weighted by molar-refractivity contribution is 5.78. The average Bonchev–Trinajstić information content (AvgIpc) is 3.07. The Morgan fingerprint density at radius 1 is 1.33 bits per heavy atom. The van der Waals surface area contributed by atoms with Crippen molar-refractivity contribution in [3.63, 3.8) is 0 Å². The van der Waals surface area contributed by atoms with E-state index >= 15 is 0 Å². The van der Waals surface area contributed by atoms with Crippen LogP contribution in [0.1, 0.15) is 24.6 Å². The number of methoxy groups -OCH3 is 1. The van der Waals surface area contributed by atoms with Gasteiger partial charge < -0.3 is 14.4 Å². The molecule has 1 aliphatic heterocycles. The monoisotopic (exact) mass is 331 g/mol. The number of carbonyl (C=O) groups is 1. The van der Waals surface area contributed by atoms with Gasteiger partial charge in [0.25, 0.3) is 0 Å². The van der Waals surface area contributed by atoms with E-state index in [0.717, 1.165) is 12.8 Å². The van der Waals surface area contributed by atoms with E-state index in [1.807, 2.05) is 0 Å². The summed E-state index contributed by atoms with van der Waals surface area (Å²) in [5, 5.41) is 0. The number of amides is 1. The molecular formula is C17H18FN3O3. The minimum atomic E-state index is -0.333. The molecule has 3 rings (SSSR count). The molecule has 0 bridgehead atoms. The van der Waals surface area contributed by atoms with Gasteiger partial charge in [-0.05, 0) is 37.1 Å². The third-order valence-electron chi connectivity index (χ3n) is 3.85. The predicted molar refractivity (Wildman–Crippen MR) is 84.1 cm³/mol. The van der Waals surface area contributed by atoms with Crippen molar-refractivity contribution in [3.8, 4) is 11.6 Å². The molecule has 1 aromatic carbocycles. The van der Waals surface area contributed by atoms with Crippen LogP contribution in [0.3, 0.4) is 0 Å². The lowest BCUT2D eigenvalue weighted by Crippen LogP contribution is -2.33. The van der Waals surface area contributed by atoms with Gasteiger partial charge in [0.05, 0.1) is 24.1 Å². The molecule has 0 saturated carbocycles. The third kappa shape index (κ3) is 3.68. The normalized spacial score (nSPS) is 17.1. The van der Waals surface area contributed by atoms with Crippen LogP contribution in [-0.4, -0.2) is 41.0 Å². The lowest BCUT2D eigenvalue weighted by Gasteiger charge is -2.24. The van der Waals surface area contributed by atoms with Crippen LogP contribution in [0, 0.1) is 5.82 Å². The fourth-order valence-electron chi connectivity index (χ4n) is 2.77.